The molecule has 7 nitrogen and oxygen atoms in total. The van der Waals surface area contributed by atoms with Crippen LogP contribution in [0.4, 0.5) is 5.82 Å². The number of halogens is 1. The SMILES string of the molecule is N#Cc1nccnc1N1CCN(CCc2cc(-c3cccc(Cl)c3)on2)CC1. The summed E-state index contributed by atoms with van der Waals surface area (Å²) in [6.07, 6.45) is 4.00. The van der Waals surface area contributed by atoms with E-state index in [0.717, 1.165) is 56.2 Å². The maximum absolute atomic E-state index is 9.20. The molecule has 1 aliphatic rings. The zero-order valence-electron chi connectivity index (χ0n) is 15.3. The second-order valence-corrected chi connectivity index (χ2v) is 7.05. The van der Waals surface area contributed by atoms with Gasteiger partial charge in [-0.25, -0.2) is 9.97 Å². The Morgan fingerprint density at radius 1 is 1.11 bits per heavy atom. The van der Waals surface area contributed by atoms with Crippen molar-refractivity contribution in [3.05, 3.63) is 59.1 Å². The summed E-state index contributed by atoms with van der Waals surface area (Å²) >= 11 is 6.04. The maximum atomic E-state index is 9.20. The van der Waals surface area contributed by atoms with E-state index in [1.807, 2.05) is 30.3 Å². The van der Waals surface area contributed by atoms with E-state index < -0.39 is 0 Å². The average Bonchev–Trinajstić information content (AvgIpc) is 3.22. The minimum atomic E-state index is 0.382. The highest BCUT2D eigenvalue weighted by Crippen LogP contribution is 2.23. The summed E-state index contributed by atoms with van der Waals surface area (Å²) in [4.78, 5) is 12.9. The molecule has 3 heterocycles. The van der Waals surface area contributed by atoms with Crippen LogP contribution in [0.5, 0.6) is 0 Å². The van der Waals surface area contributed by atoms with Gasteiger partial charge in [0, 0.05) is 68.2 Å². The second-order valence-electron chi connectivity index (χ2n) is 6.61. The zero-order valence-corrected chi connectivity index (χ0v) is 16.0. The fourth-order valence-electron chi connectivity index (χ4n) is 3.30. The summed E-state index contributed by atoms with van der Waals surface area (Å²) < 4.78 is 5.46. The van der Waals surface area contributed by atoms with Crippen LogP contribution in [0.15, 0.2) is 47.2 Å². The van der Waals surface area contributed by atoms with Crippen molar-refractivity contribution in [3.8, 4) is 17.4 Å². The van der Waals surface area contributed by atoms with Gasteiger partial charge in [-0.2, -0.15) is 5.26 Å². The van der Waals surface area contributed by atoms with Crippen LogP contribution in [-0.4, -0.2) is 52.7 Å². The van der Waals surface area contributed by atoms with Gasteiger partial charge in [-0.15, -0.1) is 0 Å². The lowest BCUT2D eigenvalue weighted by Gasteiger charge is -2.35. The number of hydrogen-bond donors (Lipinski definition) is 0. The van der Waals surface area contributed by atoms with Gasteiger partial charge in [-0.3, -0.25) is 4.90 Å². The average molecular weight is 395 g/mol. The van der Waals surface area contributed by atoms with Crippen molar-refractivity contribution < 1.29 is 4.52 Å². The normalized spacial score (nSPS) is 14.8. The molecular weight excluding hydrogens is 376 g/mol. The molecule has 8 heteroatoms. The first kappa shape index (κ1) is 18.4. The van der Waals surface area contributed by atoms with E-state index in [-0.39, 0.29) is 0 Å². The molecule has 0 bridgehead atoms. The van der Waals surface area contributed by atoms with Crippen molar-refractivity contribution in [3.63, 3.8) is 0 Å². The number of benzene rings is 1. The highest BCUT2D eigenvalue weighted by atomic mass is 35.5. The van der Waals surface area contributed by atoms with Crippen molar-refractivity contribution in [1.82, 2.24) is 20.0 Å². The number of piperazine rings is 1. The van der Waals surface area contributed by atoms with Gasteiger partial charge in [0.2, 0.25) is 0 Å². The first-order valence-electron chi connectivity index (χ1n) is 9.13. The molecule has 0 radical (unpaired) electrons. The molecule has 142 valence electrons. The molecule has 0 unspecified atom stereocenters. The molecule has 2 aromatic heterocycles. The molecule has 0 spiro atoms. The Kier molecular flexibility index (Phi) is 5.51. The van der Waals surface area contributed by atoms with Crippen molar-refractivity contribution in [2.45, 2.75) is 6.42 Å². The number of nitriles is 1. The predicted molar refractivity (Wildman–Crippen MR) is 106 cm³/mol. The predicted octanol–water partition coefficient (Wildman–Crippen LogP) is 3.02. The molecule has 0 atom stereocenters. The van der Waals surface area contributed by atoms with Crippen LogP contribution in [0, 0.1) is 11.3 Å². The summed E-state index contributed by atoms with van der Waals surface area (Å²) in [6, 6.07) is 11.6. The van der Waals surface area contributed by atoms with Crippen LogP contribution in [0.1, 0.15) is 11.4 Å². The molecule has 0 N–H and O–H groups in total. The quantitative estimate of drug-likeness (QED) is 0.657. The van der Waals surface area contributed by atoms with E-state index in [2.05, 4.69) is 31.0 Å². The molecule has 1 saturated heterocycles. The Morgan fingerprint density at radius 2 is 1.93 bits per heavy atom. The van der Waals surface area contributed by atoms with Gasteiger partial charge in [0.25, 0.3) is 0 Å². The van der Waals surface area contributed by atoms with E-state index in [9.17, 15) is 5.26 Å². The summed E-state index contributed by atoms with van der Waals surface area (Å²) in [5.41, 5.74) is 2.24. The van der Waals surface area contributed by atoms with Crippen LogP contribution in [0.25, 0.3) is 11.3 Å². The van der Waals surface area contributed by atoms with Crippen molar-refractivity contribution in [2.75, 3.05) is 37.6 Å². The summed E-state index contributed by atoms with van der Waals surface area (Å²) in [6.45, 7) is 4.35. The van der Waals surface area contributed by atoms with Crippen molar-refractivity contribution >= 4 is 17.4 Å². The molecular formula is C20H19ClN6O. The first-order valence-corrected chi connectivity index (χ1v) is 9.50. The van der Waals surface area contributed by atoms with Crippen molar-refractivity contribution in [1.29, 1.82) is 5.26 Å². The standard InChI is InChI=1S/C20H19ClN6O/c21-16-3-1-2-15(12-16)19-13-17(25-28-19)4-7-26-8-10-27(11-9-26)20-18(14-22)23-5-6-24-20/h1-3,5-6,12-13H,4,7-11H2. The van der Waals surface area contributed by atoms with Crippen LogP contribution in [0.3, 0.4) is 0 Å². The molecule has 1 fully saturated rings. The van der Waals surface area contributed by atoms with Crippen LogP contribution >= 0.6 is 11.6 Å². The Hall–Kier alpha value is -2.95. The monoisotopic (exact) mass is 394 g/mol. The summed E-state index contributed by atoms with van der Waals surface area (Å²) in [7, 11) is 0. The number of rotatable bonds is 5. The van der Waals surface area contributed by atoms with Crippen LogP contribution < -0.4 is 4.90 Å². The minimum Gasteiger partial charge on any atom is -0.356 e. The Morgan fingerprint density at radius 3 is 2.71 bits per heavy atom. The number of aromatic nitrogens is 3. The number of anilines is 1. The fourth-order valence-corrected chi connectivity index (χ4v) is 3.49. The lowest BCUT2D eigenvalue weighted by Crippen LogP contribution is -2.47. The smallest absolute Gasteiger partial charge is 0.183 e. The fraction of sp³-hybridized carbons (Fsp3) is 0.300. The molecule has 0 aliphatic carbocycles. The highest BCUT2D eigenvalue weighted by Gasteiger charge is 2.21. The molecule has 0 saturated carbocycles. The highest BCUT2D eigenvalue weighted by molar-refractivity contribution is 6.30. The maximum Gasteiger partial charge on any atom is 0.183 e. The van der Waals surface area contributed by atoms with Crippen LogP contribution in [-0.2, 0) is 6.42 Å². The number of hydrogen-bond acceptors (Lipinski definition) is 7. The zero-order chi connectivity index (χ0) is 19.3. The van der Waals surface area contributed by atoms with Gasteiger partial charge >= 0.3 is 0 Å². The van der Waals surface area contributed by atoms with Gasteiger partial charge in [0.05, 0.1) is 5.69 Å². The third kappa shape index (κ3) is 4.14. The third-order valence-corrected chi connectivity index (χ3v) is 5.04. The van der Waals surface area contributed by atoms with Gasteiger partial charge < -0.3 is 9.42 Å². The van der Waals surface area contributed by atoms with E-state index in [4.69, 9.17) is 16.1 Å². The van der Waals surface area contributed by atoms with Crippen LogP contribution in [0.2, 0.25) is 5.02 Å². The Labute approximate surface area is 168 Å². The molecule has 0 amide bonds. The summed E-state index contributed by atoms with van der Waals surface area (Å²) in [5, 5.41) is 14.1. The van der Waals surface area contributed by atoms with Gasteiger partial charge in [0.15, 0.2) is 17.3 Å². The first-order chi connectivity index (χ1) is 13.7. The molecule has 28 heavy (non-hydrogen) atoms. The molecule has 1 aliphatic heterocycles. The van der Waals surface area contributed by atoms with Gasteiger partial charge in [0.1, 0.15) is 6.07 Å². The molecule has 4 rings (SSSR count). The van der Waals surface area contributed by atoms with E-state index >= 15 is 0 Å². The molecule has 3 aromatic rings. The Balaban J connectivity index is 1.31. The molecule has 1 aromatic carbocycles. The minimum absolute atomic E-state index is 0.382. The number of nitrogens with zero attached hydrogens (tertiary/aromatic N) is 6. The summed E-state index contributed by atoms with van der Waals surface area (Å²) in [5.74, 6) is 1.40. The third-order valence-electron chi connectivity index (χ3n) is 4.81. The lowest BCUT2D eigenvalue weighted by atomic mass is 10.1. The largest absolute Gasteiger partial charge is 0.356 e. The Bertz CT molecular complexity index is 990. The topological polar surface area (TPSA) is 82.1 Å². The van der Waals surface area contributed by atoms with E-state index in [0.29, 0.717) is 16.5 Å². The van der Waals surface area contributed by atoms with E-state index in [1.165, 1.54) is 0 Å². The second kappa shape index (κ2) is 8.38. The van der Waals surface area contributed by atoms with E-state index in [1.54, 1.807) is 12.4 Å². The van der Waals surface area contributed by atoms with Gasteiger partial charge in [-0.05, 0) is 12.1 Å². The van der Waals surface area contributed by atoms with Gasteiger partial charge in [-0.1, -0.05) is 28.9 Å². The lowest BCUT2D eigenvalue weighted by molar-refractivity contribution is 0.258. The van der Waals surface area contributed by atoms with Crippen molar-refractivity contribution in [2.24, 2.45) is 0 Å².